The topological polar surface area (TPSA) is 37.8 Å². The van der Waals surface area contributed by atoms with Gasteiger partial charge in [0.15, 0.2) is 0 Å². The average molecular weight is 194 g/mol. The Morgan fingerprint density at radius 1 is 1.36 bits per heavy atom. The molecule has 14 heavy (non-hydrogen) atoms. The molecule has 0 saturated carbocycles. The van der Waals surface area contributed by atoms with Crippen molar-refractivity contribution < 1.29 is 0 Å². The van der Waals surface area contributed by atoms with Crippen LogP contribution in [0.3, 0.4) is 0 Å². The second kappa shape index (κ2) is 4.03. The van der Waals surface area contributed by atoms with Crippen molar-refractivity contribution >= 4 is 0 Å². The summed E-state index contributed by atoms with van der Waals surface area (Å²) in [5, 5.41) is 0. The van der Waals surface area contributed by atoms with Gasteiger partial charge in [-0.25, -0.2) is 4.79 Å². The lowest BCUT2D eigenvalue weighted by atomic mass is 10.0. The molecular weight excluding hydrogens is 176 g/mol. The van der Waals surface area contributed by atoms with Gasteiger partial charge in [0, 0.05) is 17.9 Å². The minimum absolute atomic E-state index is 0.102. The van der Waals surface area contributed by atoms with Crippen LogP contribution in [0.25, 0.3) is 0 Å². The molecule has 1 aromatic heterocycles. The van der Waals surface area contributed by atoms with Gasteiger partial charge in [0.25, 0.3) is 0 Å². The van der Waals surface area contributed by atoms with Crippen LogP contribution in [0.2, 0.25) is 0 Å². The first kappa shape index (κ1) is 9.56. The lowest BCUT2D eigenvalue weighted by Gasteiger charge is -2.13. The van der Waals surface area contributed by atoms with Crippen LogP contribution in [0.1, 0.15) is 44.0 Å². The van der Waals surface area contributed by atoms with Crippen molar-refractivity contribution in [1.29, 1.82) is 0 Å². The molecule has 3 nitrogen and oxygen atoms in total. The van der Waals surface area contributed by atoms with Crippen LogP contribution in [-0.4, -0.2) is 9.55 Å². The van der Waals surface area contributed by atoms with Crippen LogP contribution >= 0.6 is 0 Å². The predicted molar refractivity (Wildman–Crippen MR) is 56.6 cm³/mol. The number of aryl methyl sites for hydroxylation is 1. The van der Waals surface area contributed by atoms with Crippen LogP contribution in [0.15, 0.2) is 4.79 Å². The summed E-state index contributed by atoms with van der Waals surface area (Å²) >= 11 is 0. The highest BCUT2D eigenvalue weighted by Crippen LogP contribution is 2.18. The number of rotatable bonds is 3. The third kappa shape index (κ3) is 1.63. The molecule has 0 radical (unpaired) electrons. The maximum atomic E-state index is 11.6. The van der Waals surface area contributed by atoms with Gasteiger partial charge in [-0.3, -0.25) is 4.57 Å². The number of aromatic nitrogens is 2. The Hall–Kier alpha value is -0.990. The van der Waals surface area contributed by atoms with Gasteiger partial charge in [-0.15, -0.1) is 0 Å². The molecule has 0 aliphatic heterocycles. The average Bonchev–Trinajstić information content (AvgIpc) is 2.51. The quantitative estimate of drug-likeness (QED) is 0.783. The molecule has 0 bridgehead atoms. The van der Waals surface area contributed by atoms with Crippen LogP contribution in [0, 0.1) is 0 Å². The number of aromatic amines is 1. The monoisotopic (exact) mass is 194 g/mol. The van der Waals surface area contributed by atoms with Crippen molar-refractivity contribution in [1.82, 2.24) is 9.55 Å². The Balaban J connectivity index is 2.28. The highest BCUT2D eigenvalue weighted by Gasteiger charge is 2.16. The second-order valence-corrected chi connectivity index (χ2v) is 4.07. The standard InChI is InChI=1S/C11H18N2O/c1-2-3-8-13-10-7-5-4-6-9(10)12-11(13)14/h2-8H2,1H3,(H,12,14). The first-order valence-electron chi connectivity index (χ1n) is 5.63. The predicted octanol–water partition coefficient (Wildman–Crippen LogP) is 1.86. The highest BCUT2D eigenvalue weighted by atomic mass is 16.1. The van der Waals surface area contributed by atoms with E-state index in [9.17, 15) is 4.79 Å². The molecular formula is C11H18N2O. The van der Waals surface area contributed by atoms with E-state index in [-0.39, 0.29) is 5.69 Å². The molecule has 0 unspecified atom stereocenters. The zero-order valence-corrected chi connectivity index (χ0v) is 8.81. The summed E-state index contributed by atoms with van der Waals surface area (Å²) in [6, 6.07) is 0. The summed E-state index contributed by atoms with van der Waals surface area (Å²) in [6.45, 7) is 3.05. The van der Waals surface area contributed by atoms with E-state index in [1.807, 2.05) is 4.57 Å². The molecule has 1 aliphatic carbocycles. The number of hydrogen-bond acceptors (Lipinski definition) is 1. The van der Waals surface area contributed by atoms with Crippen LogP contribution in [-0.2, 0) is 19.4 Å². The molecule has 0 aromatic carbocycles. The van der Waals surface area contributed by atoms with Gasteiger partial charge >= 0.3 is 5.69 Å². The van der Waals surface area contributed by atoms with Gasteiger partial charge in [0.05, 0.1) is 0 Å². The smallest absolute Gasteiger partial charge is 0.310 e. The largest absolute Gasteiger partial charge is 0.325 e. The van der Waals surface area contributed by atoms with Gasteiger partial charge in [0.2, 0.25) is 0 Å². The normalized spacial score (nSPS) is 15.5. The molecule has 0 fully saturated rings. The fourth-order valence-electron chi connectivity index (χ4n) is 2.19. The van der Waals surface area contributed by atoms with Gasteiger partial charge in [-0.05, 0) is 32.1 Å². The summed E-state index contributed by atoms with van der Waals surface area (Å²) in [6.07, 6.45) is 6.84. The molecule has 0 saturated heterocycles. The van der Waals surface area contributed by atoms with E-state index in [1.54, 1.807) is 0 Å². The molecule has 3 heteroatoms. The maximum absolute atomic E-state index is 11.6. The number of nitrogens with one attached hydrogen (secondary N) is 1. The molecule has 0 amide bonds. The van der Waals surface area contributed by atoms with Crippen molar-refractivity contribution in [2.45, 2.75) is 52.0 Å². The molecule has 78 valence electrons. The first-order valence-corrected chi connectivity index (χ1v) is 5.63. The fraction of sp³-hybridized carbons (Fsp3) is 0.727. The number of hydrogen-bond donors (Lipinski definition) is 1. The van der Waals surface area contributed by atoms with Gasteiger partial charge in [-0.1, -0.05) is 13.3 Å². The Morgan fingerprint density at radius 3 is 2.93 bits per heavy atom. The van der Waals surface area contributed by atoms with E-state index < -0.39 is 0 Å². The fourth-order valence-corrected chi connectivity index (χ4v) is 2.19. The minimum atomic E-state index is 0.102. The minimum Gasteiger partial charge on any atom is -0.310 e. The van der Waals surface area contributed by atoms with Gasteiger partial charge in [-0.2, -0.15) is 0 Å². The lowest BCUT2D eigenvalue weighted by Crippen LogP contribution is -2.19. The molecule has 1 heterocycles. The second-order valence-electron chi connectivity index (χ2n) is 4.07. The number of nitrogens with zero attached hydrogens (tertiary/aromatic N) is 1. The van der Waals surface area contributed by atoms with Crippen molar-refractivity contribution in [3.8, 4) is 0 Å². The molecule has 0 atom stereocenters. The third-order valence-corrected chi connectivity index (χ3v) is 3.00. The SMILES string of the molecule is CCCCn1c2c([nH]c1=O)CCCC2. The molecule has 1 aliphatic rings. The summed E-state index contributed by atoms with van der Waals surface area (Å²) < 4.78 is 1.94. The van der Waals surface area contributed by atoms with Crippen LogP contribution in [0.4, 0.5) is 0 Å². The molecule has 2 rings (SSSR count). The van der Waals surface area contributed by atoms with Crippen LogP contribution in [0.5, 0.6) is 0 Å². The summed E-state index contributed by atoms with van der Waals surface area (Å²) in [5.74, 6) is 0. The van der Waals surface area contributed by atoms with E-state index in [0.717, 1.165) is 32.2 Å². The summed E-state index contributed by atoms with van der Waals surface area (Å²) in [7, 11) is 0. The van der Waals surface area contributed by atoms with E-state index in [2.05, 4.69) is 11.9 Å². The number of imidazole rings is 1. The highest BCUT2D eigenvalue weighted by molar-refractivity contribution is 5.16. The maximum Gasteiger partial charge on any atom is 0.325 e. The van der Waals surface area contributed by atoms with Crippen LogP contribution < -0.4 is 5.69 Å². The van der Waals surface area contributed by atoms with E-state index in [1.165, 1.54) is 24.2 Å². The van der Waals surface area contributed by atoms with Gasteiger partial charge in [0.1, 0.15) is 0 Å². The number of unbranched alkanes of at least 4 members (excludes halogenated alkanes) is 1. The Bertz CT molecular complexity index is 362. The molecule has 1 aromatic rings. The van der Waals surface area contributed by atoms with E-state index in [0.29, 0.717) is 0 Å². The number of H-pyrrole nitrogens is 1. The zero-order chi connectivity index (χ0) is 9.97. The van der Waals surface area contributed by atoms with E-state index >= 15 is 0 Å². The Morgan fingerprint density at radius 2 is 2.14 bits per heavy atom. The number of fused-ring (bicyclic) bond motifs is 1. The molecule has 0 spiro atoms. The Labute approximate surface area is 84.1 Å². The van der Waals surface area contributed by atoms with Crippen molar-refractivity contribution in [3.05, 3.63) is 21.9 Å². The van der Waals surface area contributed by atoms with Gasteiger partial charge < -0.3 is 4.98 Å². The summed E-state index contributed by atoms with van der Waals surface area (Å²) in [5.41, 5.74) is 2.57. The third-order valence-electron chi connectivity index (χ3n) is 3.00. The van der Waals surface area contributed by atoms with Crippen molar-refractivity contribution in [3.63, 3.8) is 0 Å². The summed E-state index contributed by atoms with van der Waals surface area (Å²) in [4.78, 5) is 14.6. The first-order chi connectivity index (χ1) is 6.83. The van der Waals surface area contributed by atoms with Crippen molar-refractivity contribution in [2.24, 2.45) is 0 Å². The zero-order valence-electron chi connectivity index (χ0n) is 8.81. The Kier molecular flexibility index (Phi) is 2.75. The van der Waals surface area contributed by atoms with Crippen molar-refractivity contribution in [2.75, 3.05) is 0 Å². The molecule has 1 N–H and O–H groups in total. The lowest BCUT2D eigenvalue weighted by molar-refractivity contribution is 0.567. The van der Waals surface area contributed by atoms with E-state index in [4.69, 9.17) is 0 Å².